The molecule has 0 saturated heterocycles. The number of fused-ring (bicyclic) bond motifs is 1. The predicted molar refractivity (Wildman–Crippen MR) is 71.2 cm³/mol. The van der Waals surface area contributed by atoms with Crippen molar-refractivity contribution in [2.45, 2.75) is 18.2 Å². The molecule has 0 aliphatic rings. The summed E-state index contributed by atoms with van der Waals surface area (Å²) < 4.78 is 26.8. The van der Waals surface area contributed by atoms with Gasteiger partial charge in [-0.05, 0) is 12.5 Å². The molecule has 3 nitrogen and oxygen atoms in total. The summed E-state index contributed by atoms with van der Waals surface area (Å²) in [7, 11) is 0. The maximum atomic E-state index is 13.4. The fourth-order valence-corrected chi connectivity index (χ4v) is 2.40. The molecule has 0 aliphatic heterocycles. The van der Waals surface area contributed by atoms with E-state index in [1.165, 1.54) is 6.07 Å². The molecule has 1 amide bonds. The van der Waals surface area contributed by atoms with Gasteiger partial charge in [-0.1, -0.05) is 34.2 Å². The average Bonchev–Trinajstić information content (AvgIpc) is 2.70. The van der Waals surface area contributed by atoms with E-state index in [9.17, 15) is 13.6 Å². The molecule has 7 heteroatoms. The number of carbonyl (C=O) groups is 1. The van der Waals surface area contributed by atoms with Gasteiger partial charge in [0.1, 0.15) is 11.3 Å². The fraction of sp³-hybridized carbons (Fsp3) is 0.273. The van der Waals surface area contributed by atoms with E-state index in [-0.39, 0.29) is 21.4 Å². The second kappa shape index (κ2) is 5.27. The van der Waals surface area contributed by atoms with Crippen LogP contribution in [0.25, 0.3) is 10.2 Å². The van der Waals surface area contributed by atoms with E-state index in [2.05, 4.69) is 26.2 Å². The van der Waals surface area contributed by atoms with Crippen LogP contribution in [0.5, 0.6) is 0 Å². The summed E-state index contributed by atoms with van der Waals surface area (Å²) in [5.41, 5.74) is 0.0688. The van der Waals surface area contributed by atoms with Crippen LogP contribution < -0.4 is 5.32 Å². The monoisotopic (exact) mass is 334 g/mol. The first-order valence-electron chi connectivity index (χ1n) is 5.21. The molecule has 0 radical (unpaired) electrons. The Hall–Kier alpha value is -1.08. The van der Waals surface area contributed by atoms with Crippen molar-refractivity contribution in [3.05, 3.63) is 23.8 Å². The second-order valence-electron chi connectivity index (χ2n) is 3.62. The number of amides is 1. The van der Waals surface area contributed by atoms with Crippen LogP contribution in [0.2, 0.25) is 0 Å². The smallest absolute Gasteiger partial charge is 0.239 e. The number of hydrogen-bond donors (Lipinski definition) is 1. The van der Waals surface area contributed by atoms with E-state index in [1.807, 2.05) is 6.92 Å². The molecule has 96 valence electrons. The summed E-state index contributed by atoms with van der Waals surface area (Å²) in [6.07, 6.45) is 0.625. The van der Waals surface area contributed by atoms with Crippen molar-refractivity contribution in [2.24, 2.45) is 0 Å². The minimum absolute atomic E-state index is 0.0688. The SMILES string of the molecule is CC[C@H](Br)C(=O)Nc1nc2c(F)cc(F)cc2s1. The quantitative estimate of drug-likeness (QED) is 0.870. The van der Waals surface area contributed by atoms with Crippen LogP contribution in [0.4, 0.5) is 13.9 Å². The third-order valence-electron chi connectivity index (χ3n) is 2.29. The number of halogens is 3. The van der Waals surface area contributed by atoms with Crippen LogP contribution in [0.3, 0.4) is 0 Å². The molecule has 1 aromatic carbocycles. The van der Waals surface area contributed by atoms with Gasteiger partial charge in [-0.25, -0.2) is 13.8 Å². The molecule has 0 aliphatic carbocycles. The van der Waals surface area contributed by atoms with E-state index in [0.717, 1.165) is 17.4 Å². The minimum atomic E-state index is -0.729. The third kappa shape index (κ3) is 2.67. The highest BCUT2D eigenvalue weighted by Gasteiger charge is 2.16. The molecule has 2 rings (SSSR count). The van der Waals surface area contributed by atoms with Crippen LogP contribution >= 0.6 is 27.3 Å². The van der Waals surface area contributed by atoms with Gasteiger partial charge in [0.25, 0.3) is 0 Å². The molecule has 1 heterocycles. The number of rotatable bonds is 3. The minimum Gasteiger partial charge on any atom is -0.301 e. The number of nitrogens with zero attached hydrogens (tertiary/aromatic N) is 1. The van der Waals surface area contributed by atoms with Gasteiger partial charge < -0.3 is 5.32 Å². The van der Waals surface area contributed by atoms with E-state index in [1.54, 1.807) is 0 Å². The Balaban J connectivity index is 2.31. The molecule has 0 saturated carbocycles. The number of hydrogen-bond acceptors (Lipinski definition) is 3. The maximum absolute atomic E-state index is 13.4. The van der Waals surface area contributed by atoms with Crippen molar-refractivity contribution in [3.63, 3.8) is 0 Å². The first kappa shape index (κ1) is 13.4. The lowest BCUT2D eigenvalue weighted by molar-refractivity contribution is -0.115. The number of alkyl halides is 1. The summed E-state index contributed by atoms with van der Waals surface area (Å²) in [5, 5.41) is 2.82. The Morgan fingerprint density at radius 3 is 2.94 bits per heavy atom. The zero-order chi connectivity index (χ0) is 13.3. The van der Waals surface area contributed by atoms with Gasteiger partial charge in [0, 0.05) is 6.07 Å². The number of benzene rings is 1. The number of thiazole rings is 1. The Labute approximate surface area is 114 Å². The molecule has 18 heavy (non-hydrogen) atoms. The Morgan fingerprint density at radius 2 is 2.28 bits per heavy atom. The van der Waals surface area contributed by atoms with Crippen LogP contribution in [0.1, 0.15) is 13.3 Å². The zero-order valence-electron chi connectivity index (χ0n) is 9.34. The molecule has 1 N–H and O–H groups in total. The van der Waals surface area contributed by atoms with Crippen LogP contribution in [0, 0.1) is 11.6 Å². The Morgan fingerprint density at radius 1 is 1.56 bits per heavy atom. The average molecular weight is 335 g/mol. The largest absolute Gasteiger partial charge is 0.301 e. The predicted octanol–water partition coefficient (Wildman–Crippen LogP) is 3.69. The van der Waals surface area contributed by atoms with Crippen LogP contribution in [0.15, 0.2) is 12.1 Å². The van der Waals surface area contributed by atoms with E-state index >= 15 is 0 Å². The van der Waals surface area contributed by atoms with Gasteiger partial charge in [-0.2, -0.15) is 0 Å². The highest BCUT2D eigenvalue weighted by atomic mass is 79.9. The summed E-state index contributed by atoms with van der Waals surface area (Å²) >= 11 is 4.24. The zero-order valence-corrected chi connectivity index (χ0v) is 11.7. The summed E-state index contributed by atoms with van der Waals surface area (Å²) in [4.78, 5) is 15.2. The Kier molecular flexibility index (Phi) is 3.91. The number of carbonyl (C=O) groups excluding carboxylic acids is 1. The number of anilines is 1. The molecule has 1 atom stereocenters. The lowest BCUT2D eigenvalue weighted by Gasteiger charge is -2.04. The van der Waals surface area contributed by atoms with Gasteiger partial charge in [-0.3, -0.25) is 4.79 Å². The summed E-state index contributed by atoms with van der Waals surface area (Å²) in [6, 6.07) is 1.96. The first-order chi connectivity index (χ1) is 8.51. The number of nitrogens with one attached hydrogen (secondary N) is 1. The third-order valence-corrected chi connectivity index (χ3v) is 4.27. The van der Waals surface area contributed by atoms with Gasteiger partial charge in [-0.15, -0.1) is 0 Å². The molecule has 0 unspecified atom stereocenters. The van der Waals surface area contributed by atoms with Gasteiger partial charge in [0.2, 0.25) is 5.91 Å². The van der Waals surface area contributed by atoms with E-state index in [4.69, 9.17) is 0 Å². The van der Waals surface area contributed by atoms with Crippen LogP contribution in [-0.4, -0.2) is 15.7 Å². The standard InChI is InChI=1S/C11H9BrF2N2OS/c1-2-6(12)10(17)16-11-15-9-7(14)3-5(13)4-8(9)18-11/h3-4,6H,2H2,1H3,(H,15,16,17)/t6-/m0/s1. The lowest BCUT2D eigenvalue weighted by Crippen LogP contribution is -2.21. The topological polar surface area (TPSA) is 42.0 Å². The highest BCUT2D eigenvalue weighted by Crippen LogP contribution is 2.29. The lowest BCUT2D eigenvalue weighted by atomic mass is 10.3. The molecule has 0 bridgehead atoms. The van der Waals surface area contributed by atoms with Gasteiger partial charge >= 0.3 is 0 Å². The Bertz CT molecular complexity index is 602. The molecule has 2 aromatic rings. The normalized spacial score (nSPS) is 12.7. The maximum Gasteiger partial charge on any atom is 0.239 e. The first-order valence-corrected chi connectivity index (χ1v) is 6.95. The highest BCUT2D eigenvalue weighted by molar-refractivity contribution is 9.10. The van der Waals surface area contributed by atoms with E-state index in [0.29, 0.717) is 11.1 Å². The molecular weight excluding hydrogens is 326 g/mol. The van der Waals surface area contributed by atoms with Gasteiger partial charge in [0.05, 0.1) is 9.53 Å². The summed E-state index contributed by atoms with van der Waals surface area (Å²) in [5.74, 6) is -1.64. The fourth-order valence-electron chi connectivity index (χ4n) is 1.38. The van der Waals surface area contributed by atoms with Crippen LogP contribution in [-0.2, 0) is 4.79 Å². The van der Waals surface area contributed by atoms with Crippen molar-refractivity contribution in [2.75, 3.05) is 5.32 Å². The van der Waals surface area contributed by atoms with Gasteiger partial charge in [0.15, 0.2) is 10.9 Å². The second-order valence-corrected chi connectivity index (χ2v) is 5.75. The van der Waals surface area contributed by atoms with Crippen molar-refractivity contribution in [1.82, 2.24) is 4.98 Å². The van der Waals surface area contributed by atoms with Crippen molar-refractivity contribution < 1.29 is 13.6 Å². The molecular formula is C11H9BrF2N2OS. The summed E-state index contributed by atoms with van der Waals surface area (Å²) in [6.45, 7) is 1.85. The van der Waals surface area contributed by atoms with Crippen molar-refractivity contribution in [1.29, 1.82) is 0 Å². The van der Waals surface area contributed by atoms with E-state index < -0.39 is 11.6 Å². The number of aromatic nitrogens is 1. The molecule has 0 fully saturated rings. The van der Waals surface area contributed by atoms with Crippen molar-refractivity contribution in [3.8, 4) is 0 Å². The molecule has 0 spiro atoms. The molecule has 1 aromatic heterocycles. The van der Waals surface area contributed by atoms with Crippen molar-refractivity contribution >= 4 is 48.5 Å².